The van der Waals surface area contributed by atoms with Gasteiger partial charge in [-0.15, -0.1) is 0 Å². The van der Waals surface area contributed by atoms with E-state index in [1.54, 1.807) is 6.07 Å². The van der Waals surface area contributed by atoms with Crippen LogP contribution < -0.4 is 10.5 Å². The number of nitrogens with two attached hydrogens (primary N) is 1. The number of aromatic nitrogens is 1. The van der Waals surface area contributed by atoms with Gasteiger partial charge in [0.05, 0.1) is 0 Å². The summed E-state index contributed by atoms with van der Waals surface area (Å²) in [5.74, 6) is 0. The van der Waals surface area contributed by atoms with Crippen molar-refractivity contribution in [1.29, 1.82) is 0 Å². The molecule has 0 bridgehead atoms. The fourth-order valence-corrected chi connectivity index (χ4v) is 3.52. The molecule has 1 saturated carbocycles. The number of pyridine rings is 1. The Labute approximate surface area is 112 Å². The molecule has 0 amide bonds. The molecule has 1 unspecified atom stereocenters. The molecule has 18 heavy (non-hydrogen) atoms. The van der Waals surface area contributed by atoms with Gasteiger partial charge in [0, 0.05) is 12.2 Å². The minimum Gasteiger partial charge on any atom is -0.388 e. The van der Waals surface area contributed by atoms with Crippen LogP contribution in [0.3, 0.4) is 0 Å². The zero-order valence-corrected chi connectivity index (χ0v) is 11.8. The molecule has 0 aliphatic heterocycles. The van der Waals surface area contributed by atoms with Crippen LogP contribution in [0, 0.1) is 5.41 Å². The van der Waals surface area contributed by atoms with E-state index in [-0.39, 0.29) is 27.0 Å². The number of nitrogens with zero attached hydrogens (tertiary/aromatic N) is 1. The first kappa shape index (κ1) is 13.4. The summed E-state index contributed by atoms with van der Waals surface area (Å²) < 4.78 is 27.1. The molecule has 2 rings (SSSR count). The second kappa shape index (κ2) is 4.25. The van der Waals surface area contributed by atoms with Crippen LogP contribution in [0.1, 0.15) is 26.0 Å². The Hall–Kier alpha value is -1.05. The number of hydrogen-bond acceptors (Lipinski definition) is 4. The van der Waals surface area contributed by atoms with Gasteiger partial charge in [-0.25, -0.2) is 13.1 Å². The molecule has 98 valence electrons. The second-order valence-electron chi connectivity index (χ2n) is 5.08. The predicted octanol–water partition coefficient (Wildman–Crippen LogP) is 0.793. The average Bonchev–Trinajstić information content (AvgIpc) is 2.84. The zero-order valence-electron chi connectivity index (χ0n) is 10.2. The Kier molecular flexibility index (Phi) is 3.16. The highest BCUT2D eigenvalue weighted by molar-refractivity contribution is 7.89. The molecule has 1 aliphatic carbocycles. The van der Waals surface area contributed by atoms with E-state index >= 15 is 0 Å². The third-order valence-corrected chi connectivity index (χ3v) is 4.80. The number of thiocarbonyl (C=S) groups is 1. The summed E-state index contributed by atoms with van der Waals surface area (Å²) in [5, 5.41) is 0. The van der Waals surface area contributed by atoms with E-state index in [1.165, 1.54) is 12.3 Å². The Morgan fingerprint density at radius 1 is 1.61 bits per heavy atom. The van der Waals surface area contributed by atoms with E-state index in [9.17, 15) is 8.42 Å². The molecule has 3 N–H and O–H groups in total. The SMILES string of the molecule is CC1(C)CC1NS(=O)(=O)c1cccnc1C(N)=S. The van der Waals surface area contributed by atoms with Gasteiger partial charge >= 0.3 is 0 Å². The summed E-state index contributed by atoms with van der Waals surface area (Å²) >= 11 is 4.82. The lowest BCUT2D eigenvalue weighted by Gasteiger charge is -2.10. The third-order valence-electron chi connectivity index (χ3n) is 3.10. The van der Waals surface area contributed by atoms with Crippen molar-refractivity contribution in [2.45, 2.75) is 31.2 Å². The minimum absolute atomic E-state index is 0.0126. The molecule has 1 heterocycles. The smallest absolute Gasteiger partial charge is 0.243 e. The lowest BCUT2D eigenvalue weighted by atomic mass is 10.2. The fraction of sp³-hybridized carbons (Fsp3) is 0.455. The number of rotatable bonds is 4. The Morgan fingerprint density at radius 2 is 2.22 bits per heavy atom. The lowest BCUT2D eigenvalue weighted by molar-refractivity contribution is 0.554. The van der Waals surface area contributed by atoms with E-state index in [0.717, 1.165) is 6.42 Å². The maximum atomic E-state index is 12.2. The van der Waals surface area contributed by atoms with Crippen LogP contribution >= 0.6 is 12.2 Å². The van der Waals surface area contributed by atoms with Crippen molar-refractivity contribution in [3.8, 4) is 0 Å². The van der Waals surface area contributed by atoms with Crippen molar-refractivity contribution in [3.63, 3.8) is 0 Å². The molecule has 0 spiro atoms. The second-order valence-corrected chi connectivity index (χ2v) is 7.20. The van der Waals surface area contributed by atoms with Gasteiger partial charge in [0.25, 0.3) is 0 Å². The summed E-state index contributed by atoms with van der Waals surface area (Å²) in [6, 6.07) is 2.97. The van der Waals surface area contributed by atoms with Crippen LogP contribution in [0.5, 0.6) is 0 Å². The van der Waals surface area contributed by atoms with Crippen LogP contribution in [0.25, 0.3) is 0 Å². The van der Waals surface area contributed by atoms with Gasteiger partial charge in [0.15, 0.2) is 0 Å². The summed E-state index contributed by atoms with van der Waals surface area (Å²) in [7, 11) is -3.62. The normalized spacial score (nSPS) is 21.6. The van der Waals surface area contributed by atoms with E-state index in [2.05, 4.69) is 9.71 Å². The molecule has 1 aromatic rings. The van der Waals surface area contributed by atoms with E-state index in [0.29, 0.717) is 0 Å². The van der Waals surface area contributed by atoms with Crippen molar-refractivity contribution in [2.24, 2.45) is 11.1 Å². The zero-order chi connectivity index (χ0) is 13.6. The highest BCUT2D eigenvalue weighted by Gasteiger charge is 2.48. The number of sulfonamides is 1. The highest BCUT2D eigenvalue weighted by atomic mass is 32.2. The molecule has 0 radical (unpaired) electrons. The fourth-order valence-electron chi connectivity index (χ4n) is 1.71. The van der Waals surface area contributed by atoms with E-state index < -0.39 is 10.0 Å². The molecule has 0 saturated heterocycles. The van der Waals surface area contributed by atoms with Crippen molar-refractivity contribution in [3.05, 3.63) is 24.0 Å². The van der Waals surface area contributed by atoms with Crippen LogP contribution in [0.15, 0.2) is 23.2 Å². The molecular formula is C11H15N3O2S2. The van der Waals surface area contributed by atoms with Gasteiger partial charge in [-0.05, 0) is 24.0 Å². The van der Waals surface area contributed by atoms with Gasteiger partial charge in [-0.3, -0.25) is 4.98 Å². The number of hydrogen-bond donors (Lipinski definition) is 2. The van der Waals surface area contributed by atoms with Gasteiger partial charge < -0.3 is 5.73 Å². The summed E-state index contributed by atoms with van der Waals surface area (Å²) in [6.45, 7) is 4.02. The topological polar surface area (TPSA) is 85.1 Å². The van der Waals surface area contributed by atoms with Crippen LogP contribution in [0.4, 0.5) is 0 Å². The van der Waals surface area contributed by atoms with Crippen molar-refractivity contribution in [2.75, 3.05) is 0 Å². The van der Waals surface area contributed by atoms with Crippen LogP contribution in [-0.2, 0) is 10.0 Å². The maximum absolute atomic E-state index is 12.2. The maximum Gasteiger partial charge on any atom is 0.243 e. The molecule has 0 aromatic carbocycles. The van der Waals surface area contributed by atoms with E-state index in [1.807, 2.05) is 13.8 Å². The largest absolute Gasteiger partial charge is 0.388 e. The van der Waals surface area contributed by atoms with Crippen molar-refractivity contribution in [1.82, 2.24) is 9.71 Å². The van der Waals surface area contributed by atoms with E-state index in [4.69, 9.17) is 18.0 Å². The molecule has 1 atom stereocenters. The van der Waals surface area contributed by atoms with Gasteiger partial charge in [-0.2, -0.15) is 0 Å². The quantitative estimate of drug-likeness (QED) is 0.799. The molecule has 7 heteroatoms. The Morgan fingerprint density at radius 3 is 2.72 bits per heavy atom. The lowest BCUT2D eigenvalue weighted by Crippen LogP contribution is -2.30. The first-order valence-electron chi connectivity index (χ1n) is 5.51. The Balaban J connectivity index is 2.33. The predicted molar refractivity (Wildman–Crippen MR) is 72.6 cm³/mol. The molecule has 1 fully saturated rings. The monoisotopic (exact) mass is 285 g/mol. The first-order chi connectivity index (χ1) is 8.24. The number of nitrogens with one attached hydrogen (secondary N) is 1. The standard InChI is InChI=1S/C11H15N3O2S2/c1-11(2)6-8(11)14-18(15,16)7-4-3-5-13-9(7)10(12)17/h3-5,8,14H,6H2,1-2H3,(H2,12,17). The summed E-state index contributed by atoms with van der Waals surface area (Å²) in [4.78, 5) is 3.94. The van der Waals surface area contributed by atoms with Gasteiger partial charge in [0.2, 0.25) is 10.0 Å². The van der Waals surface area contributed by atoms with Crippen molar-refractivity contribution < 1.29 is 8.42 Å². The molecule has 1 aromatic heterocycles. The molecular weight excluding hydrogens is 270 g/mol. The molecule has 1 aliphatic rings. The van der Waals surface area contributed by atoms with Gasteiger partial charge in [-0.1, -0.05) is 26.1 Å². The first-order valence-corrected chi connectivity index (χ1v) is 7.40. The Bertz CT molecular complexity index is 596. The average molecular weight is 285 g/mol. The van der Waals surface area contributed by atoms with Crippen LogP contribution in [-0.4, -0.2) is 24.4 Å². The van der Waals surface area contributed by atoms with Gasteiger partial charge in [0.1, 0.15) is 15.6 Å². The van der Waals surface area contributed by atoms with Crippen molar-refractivity contribution >= 4 is 27.2 Å². The summed E-state index contributed by atoms with van der Waals surface area (Å²) in [6.07, 6.45) is 2.30. The molecule has 5 nitrogen and oxygen atoms in total. The third kappa shape index (κ3) is 2.52. The highest BCUT2D eigenvalue weighted by Crippen LogP contribution is 2.45. The van der Waals surface area contributed by atoms with Crippen LogP contribution in [0.2, 0.25) is 0 Å². The summed E-state index contributed by atoms with van der Waals surface area (Å²) in [5.41, 5.74) is 5.64. The minimum atomic E-state index is -3.62.